The number of aromatic nitrogens is 2. The van der Waals surface area contributed by atoms with Crippen molar-refractivity contribution in [3.05, 3.63) is 59.2 Å². The smallest absolute Gasteiger partial charge is 0.257 e. The third-order valence-electron chi connectivity index (χ3n) is 5.43. The second-order valence-electron chi connectivity index (χ2n) is 7.67. The molecule has 1 aliphatic rings. The number of carbonyl (C=O) groups is 1. The average molecular weight is 392 g/mol. The summed E-state index contributed by atoms with van der Waals surface area (Å²) in [5, 5.41) is 4.02. The molecule has 0 spiro atoms. The SMILES string of the molecule is Cc1ccc2c(Nc3ccc(C)c(F)c3)c(C(=O)N3CCCCCC3)cnc2n1. The number of rotatable bonds is 3. The van der Waals surface area contributed by atoms with Crippen molar-refractivity contribution in [3.63, 3.8) is 0 Å². The van der Waals surface area contributed by atoms with Crippen molar-refractivity contribution in [2.24, 2.45) is 0 Å². The second-order valence-corrected chi connectivity index (χ2v) is 7.67. The number of pyridine rings is 2. The minimum absolute atomic E-state index is 0.0445. The van der Waals surface area contributed by atoms with Crippen molar-refractivity contribution in [1.82, 2.24) is 14.9 Å². The van der Waals surface area contributed by atoms with Gasteiger partial charge >= 0.3 is 0 Å². The lowest BCUT2D eigenvalue weighted by Crippen LogP contribution is -2.32. The lowest BCUT2D eigenvalue weighted by atomic mass is 10.1. The molecule has 0 unspecified atom stereocenters. The topological polar surface area (TPSA) is 58.1 Å². The number of benzene rings is 1. The molecule has 0 radical (unpaired) electrons. The van der Waals surface area contributed by atoms with Crippen molar-refractivity contribution < 1.29 is 9.18 Å². The molecule has 4 rings (SSSR count). The van der Waals surface area contributed by atoms with E-state index in [4.69, 9.17) is 0 Å². The van der Waals surface area contributed by atoms with Crippen LogP contribution in [0.1, 0.15) is 47.3 Å². The first kappa shape index (κ1) is 19.3. The van der Waals surface area contributed by atoms with Crippen molar-refractivity contribution in [1.29, 1.82) is 0 Å². The Labute approximate surface area is 170 Å². The number of carbonyl (C=O) groups excluding carboxylic acids is 1. The van der Waals surface area contributed by atoms with E-state index in [1.807, 2.05) is 30.0 Å². The van der Waals surface area contributed by atoms with E-state index in [-0.39, 0.29) is 11.7 Å². The molecule has 2 aromatic heterocycles. The van der Waals surface area contributed by atoms with Gasteiger partial charge in [0.1, 0.15) is 5.82 Å². The Morgan fingerprint density at radius 1 is 1.07 bits per heavy atom. The average Bonchev–Trinajstić information content (AvgIpc) is 3.00. The van der Waals surface area contributed by atoms with Crippen LogP contribution in [0.3, 0.4) is 0 Å². The fourth-order valence-corrected chi connectivity index (χ4v) is 3.73. The summed E-state index contributed by atoms with van der Waals surface area (Å²) in [5.74, 6) is -0.334. The quantitative estimate of drug-likeness (QED) is 0.670. The van der Waals surface area contributed by atoms with Gasteiger partial charge in [0.2, 0.25) is 0 Å². The highest BCUT2D eigenvalue weighted by Gasteiger charge is 2.23. The predicted octanol–water partition coefficient (Wildman–Crippen LogP) is 5.15. The monoisotopic (exact) mass is 392 g/mol. The van der Waals surface area contributed by atoms with Crippen LogP contribution in [0.5, 0.6) is 0 Å². The predicted molar refractivity (Wildman–Crippen MR) is 113 cm³/mol. The first-order valence-electron chi connectivity index (χ1n) is 10.1. The highest BCUT2D eigenvalue weighted by Crippen LogP contribution is 2.30. The van der Waals surface area contributed by atoms with Crippen LogP contribution in [0, 0.1) is 19.7 Å². The number of likely N-dealkylation sites (tertiary alicyclic amines) is 1. The van der Waals surface area contributed by atoms with Crippen LogP contribution >= 0.6 is 0 Å². The molecule has 0 saturated carbocycles. The van der Waals surface area contributed by atoms with Gasteiger partial charge in [-0.15, -0.1) is 0 Å². The molecule has 1 N–H and O–H groups in total. The van der Waals surface area contributed by atoms with Crippen LogP contribution in [0.2, 0.25) is 0 Å². The first-order chi connectivity index (χ1) is 14.0. The van der Waals surface area contributed by atoms with E-state index < -0.39 is 0 Å². The van der Waals surface area contributed by atoms with E-state index in [9.17, 15) is 9.18 Å². The van der Waals surface area contributed by atoms with Crippen LogP contribution in [0.15, 0.2) is 36.5 Å². The number of amides is 1. The Morgan fingerprint density at radius 2 is 1.83 bits per heavy atom. The van der Waals surface area contributed by atoms with Crippen LogP contribution in [-0.2, 0) is 0 Å². The van der Waals surface area contributed by atoms with E-state index in [2.05, 4.69) is 15.3 Å². The largest absolute Gasteiger partial charge is 0.354 e. The zero-order valence-corrected chi connectivity index (χ0v) is 16.8. The van der Waals surface area contributed by atoms with Crippen LogP contribution in [0.25, 0.3) is 11.0 Å². The number of nitrogens with one attached hydrogen (secondary N) is 1. The number of anilines is 2. The summed E-state index contributed by atoms with van der Waals surface area (Å²) in [4.78, 5) is 24.2. The van der Waals surface area contributed by atoms with Gasteiger partial charge in [0, 0.05) is 36.1 Å². The summed E-state index contributed by atoms with van der Waals surface area (Å²) in [6, 6.07) is 8.79. The lowest BCUT2D eigenvalue weighted by Gasteiger charge is -2.22. The Morgan fingerprint density at radius 3 is 2.55 bits per heavy atom. The number of hydrogen-bond donors (Lipinski definition) is 1. The number of hydrogen-bond acceptors (Lipinski definition) is 4. The van der Waals surface area contributed by atoms with Gasteiger partial charge in [-0.2, -0.15) is 0 Å². The molecule has 6 heteroatoms. The molecule has 3 heterocycles. The molecule has 3 aromatic rings. The summed E-state index contributed by atoms with van der Waals surface area (Å²) in [6.45, 7) is 5.13. The van der Waals surface area contributed by atoms with Gasteiger partial charge in [-0.3, -0.25) is 4.79 Å². The summed E-state index contributed by atoms with van der Waals surface area (Å²) in [7, 11) is 0. The van der Waals surface area contributed by atoms with E-state index in [0.29, 0.717) is 28.1 Å². The van der Waals surface area contributed by atoms with Crippen molar-refractivity contribution >= 4 is 28.3 Å². The zero-order chi connectivity index (χ0) is 20.4. The molecule has 5 nitrogen and oxygen atoms in total. The maximum Gasteiger partial charge on any atom is 0.257 e. The second kappa shape index (κ2) is 8.15. The third-order valence-corrected chi connectivity index (χ3v) is 5.43. The third kappa shape index (κ3) is 4.06. The Balaban J connectivity index is 1.80. The molecule has 1 aromatic carbocycles. The van der Waals surface area contributed by atoms with E-state index in [1.165, 1.54) is 6.07 Å². The first-order valence-corrected chi connectivity index (χ1v) is 10.1. The molecular formula is C23H25FN4O. The minimum atomic E-state index is -0.289. The molecule has 1 aliphatic heterocycles. The van der Waals surface area contributed by atoms with Gasteiger partial charge < -0.3 is 10.2 Å². The molecule has 0 atom stereocenters. The number of nitrogens with zero attached hydrogens (tertiary/aromatic N) is 3. The molecular weight excluding hydrogens is 367 g/mol. The van der Waals surface area contributed by atoms with Gasteiger partial charge in [-0.25, -0.2) is 14.4 Å². The summed E-state index contributed by atoms with van der Waals surface area (Å²) in [6.07, 6.45) is 5.92. The van der Waals surface area contributed by atoms with Crippen LogP contribution < -0.4 is 5.32 Å². The normalized spacial score (nSPS) is 14.7. The van der Waals surface area contributed by atoms with E-state index in [0.717, 1.165) is 49.9 Å². The molecule has 1 saturated heterocycles. The highest BCUT2D eigenvalue weighted by molar-refractivity contribution is 6.07. The van der Waals surface area contributed by atoms with E-state index in [1.54, 1.807) is 19.2 Å². The fraction of sp³-hybridized carbons (Fsp3) is 0.348. The number of fused-ring (bicyclic) bond motifs is 1. The maximum absolute atomic E-state index is 14.1. The number of halogens is 1. The van der Waals surface area contributed by atoms with E-state index >= 15 is 0 Å². The van der Waals surface area contributed by atoms with Crippen molar-refractivity contribution in [3.8, 4) is 0 Å². The van der Waals surface area contributed by atoms with Crippen molar-refractivity contribution in [2.45, 2.75) is 39.5 Å². The molecule has 1 amide bonds. The molecule has 1 fully saturated rings. The van der Waals surface area contributed by atoms with Gasteiger partial charge in [-0.05, 0) is 56.5 Å². The van der Waals surface area contributed by atoms with Gasteiger partial charge in [0.15, 0.2) is 5.65 Å². The number of aryl methyl sites for hydroxylation is 2. The van der Waals surface area contributed by atoms with Crippen LogP contribution in [-0.4, -0.2) is 33.9 Å². The summed E-state index contributed by atoms with van der Waals surface area (Å²) in [5.41, 5.74) is 3.70. The highest BCUT2D eigenvalue weighted by atomic mass is 19.1. The maximum atomic E-state index is 14.1. The minimum Gasteiger partial charge on any atom is -0.354 e. The molecule has 150 valence electrons. The molecule has 29 heavy (non-hydrogen) atoms. The molecule has 0 aliphatic carbocycles. The Bertz CT molecular complexity index is 1060. The van der Waals surface area contributed by atoms with Crippen LogP contribution in [0.4, 0.5) is 15.8 Å². The Hall–Kier alpha value is -3.02. The lowest BCUT2D eigenvalue weighted by molar-refractivity contribution is 0.0762. The standard InChI is InChI=1S/C23H25FN4O/c1-15-7-9-17(13-20(15)24)27-21-18-10-8-16(2)26-22(18)25-14-19(21)23(29)28-11-5-3-4-6-12-28/h7-10,13-14H,3-6,11-12H2,1-2H3,(H,25,26,27). The molecule has 0 bridgehead atoms. The van der Waals surface area contributed by atoms with Crippen molar-refractivity contribution in [2.75, 3.05) is 18.4 Å². The van der Waals surface area contributed by atoms with Gasteiger partial charge in [0.25, 0.3) is 5.91 Å². The van der Waals surface area contributed by atoms with Gasteiger partial charge in [0.05, 0.1) is 11.3 Å². The Kier molecular flexibility index (Phi) is 5.43. The fourth-order valence-electron chi connectivity index (χ4n) is 3.73. The summed E-state index contributed by atoms with van der Waals surface area (Å²) >= 11 is 0. The van der Waals surface area contributed by atoms with Gasteiger partial charge in [-0.1, -0.05) is 18.9 Å². The summed E-state index contributed by atoms with van der Waals surface area (Å²) < 4.78 is 14.1. The zero-order valence-electron chi connectivity index (χ0n) is 16.8.